The molecule has 0 saturated carbocycles. The molecule has 0 aliphatic rings. The summed E-state index contributed by atoms with van der Waals surface area (Å²) in [6.07, 6.45) is 0. The van der Waals surface area contributed by atoms with Crippen molar-refractivity contribution in [3.05, 3.63) is 29.8 Å². The smallest absolute Gasteiger partial charge is 0.239 e. The number of aliphatic hydroxyl groups excluding tert-OH is 1. The number of sulfonamides is 1. The summed E-state index contributed by atoms with van der Waals surface area (Å²) in [5.74, 6) is -0.479. The zero-order valence-electron chi connectivity index (χ0n) is 9.94. The highest BCUT2D eigenvalue weighted by atomic mass is 35.5. The molecule has 0 spiro atoms. The fourth-order valence-corrected chi connectivity index (χ4v) is 1.72. The normalized spacial score (nSPS) is 12.4. The van der Waals surface area contributed by atoms with Gasteiger partial charge in [0.2, 0.25) is 15.9 Å². The number of nitrogens with two attached hydrogens (primary N) is 2. The molecule has 1 aromatic carbocycles. The summed E-state index contributed by atoms with van der Waals surface area (Å²) in [6, 6.07) is 4.80. The van der Waals surface area contributed by atoms with E-state index in [1.54, 1.807) is 0 Å². The number of halogens is 1. The molecular formula is C10H16ClN3O4S. The molecule has 19 heavy (non-hydrogen) atoms. The molecule has 0 aliphatic carbocycles. The maximum Gasteiger partial charge on any atom is 0.239 e. The molecule has 108 valence electrons. The van der Waals surface area contributed by atoms with Gasteiger partial charge in [0.25, 0.3) is 0 Å². The highest BCUT2D eigenvalue weighted by molar-refractivity contribution is 7.89. The molecule has 0 aliphatic heterocycles. The van der Waals surface area contributed by atoms with E-state index in [-0.39, 0.29) is 23.8 Å². The summed E-state index contributed by atoms with van der Waals surface area (Å²) >= 11 is 0. The van der Waals surface area contributed by atoms with Crippen molar-refractivity contribution < 1.29 is 18.3 Å². The van der Waals surface area contributed by atoms with Crippen molar-refractivity contribution in [1.82, 2.24) is 5.32 Å². The van der Waals surface area contributed by atoms with Crippen LogP contribution in [0, 0.1) is 0 Å². The van der Waals surface area contributed by atoms with Gasteiger partial charge in [0, 0.05) is 6.54 Å². The summed E-state index contributed by atoms with van der Waals surface area (Å²) in [5.41, 5.74) is 6.00. The fourth-order valence-electron chi connectivity index (χ4n) is 1.20. The van der Waals surface area contributed by atoms with E-state index in [0.717, 1.165) is 0 Å². The predicted octanol–water partition coefficient (Wildman–Crippen LogP) is -1.31. The molecule has 0 saturated heterocycles. The SMILES string of the molecule is Cl.N[C@H](CO)C(=O)NCc1ccc(S(N)(=O)=O)cc1. The van der Waals surface area contributed by atoms with Crippen LogP contribution < -0.4 is 16.2 Å². The van der Waals surface area contributed by atoms with Crippen LogP contribution in [0.5, 0.6) is 0 Å². The van der Waals surface area contributed by atoms with Crippen molar-refractivity contribution in [2.75, 3.05) is 6.61 Å². The summed E-state index contributed by atoms with van der Waals surface area (Å²) in [6.45, 7) is -0.242. The van der Waals surface area contributed by atoms with Gasteiger partial charge in [0.1, 0.15) is 6.04 Å². The van der Waals surface area contributed by atoms with Gasteiger partial charge in [-0.15, -0.1) is 12.4 Å². The van der Waals surface area contributed by atoms with Crippen LogP contribution >= 0.6 is 12.4 Å². The van der Waals surface area contributed by atoms with Crippen molar-refractivity contribution in [3.8, 4) is 0 Å². The minimum absolute atomic E-state index is 0. The average Bonchev–Trinajstić information content (AvgIpc) is 2.34. The molecule has 0 unspecified atom stereocenters. The van der Waals surface area contributed by atoms with Gasteiger partial charge in [-0.2, -0.15) is 0 Å². The first-order valence-corrected chi connectivity index (χ1v) is 6.65. The number of hydrogen-bond acceptors (Lipinski definition) is 5. The predicted molar refractivity (Wildman–Crippen MR) is 72.0 cm³/mol. The van der Waals surface area contributed by atoms with Crippen LogP contribution in [-0.4, -0.2) is 32.1 Å². The quantitative estimate of drug-likeness (QED) is 0.535. The molecular weight excluding hydrogens is 294 g/mol. The third-order valence-electron chi connectivity index (χ3n) is 2.25. The van der Waals surface area contributed by atoms with Crippen LogP contribution in [0.3, 0.4) is 0 Å². The molecule has 0 radical (unpaired) electrons. The number of rotatable bonds is 5. The Labute approximate surface area is 117 Å². The van der Waals surface area contributed by atoms with Crippen LogP contribution in [0.25, 0.3) is 0 Å². The van der Waals surface area contributed by atoms with E-state index in [2.05, 4.69) is 5.32 Å². The lowest BCUT2D eigenvalue weighted by Gasteiger charge is -2.09. The van der Waals surface area contributed by atoms with Crippen LogP contribution in [-0.2, 0) is 21.4 Å². The molecule has 7 nitrogen and oxygen atoms in total. The Bertz CT molecular complexity index is 518. The maximum absolute atomic E-state index is 11.3. The highest BCUT2D eigenvalue weighted by Crippen LogP contribution is 2.08. The van der Waals surface area contributed by atoms with E-state index in [1.165, 1.54) is 24.3 Å². The molecule has 9 heteroatoms. The molecule has 0 aromatic heterocycles. The molecule has 6 N–H and O–H groups in total. The van der Waals surface area contributed by atoms with Crippen LogP contribution in [0.1, 0.15) is 5.56 Å². The number of primary sulfonamides is 1. The van der Waals surface area contributed by atoms with E-state index in [1.807, 2.05) is 0 Å². The first-order valence-electron chi connectivity index (χ1n) is 5.10. The van der Waals surface area contributed by atoms with E-state index < -0.39 is 28.6 Å². The van der Waals surface area contributed by atoms with Gasteiger partial charge >= 0.3 is 0 Å². The van der Waals surface area contributed by atoms with Crippen molar-refractivity contribution in [1.29, 1.82) is 0 Å². The van der Waals surface area contributed by atoms with Gasteiger partial charge in [-0.1, -0.05) is 12.1 Å². The standard InChI is InChI=1S/C10H15N3O4S.ClH/c11-9(6-14)10(15)13-5-7-1-3-8(4-2-7)18(12,16)17;/h1-4,9,14H,5-6,11H2,(H,13,15)(H2,12,16,17);1H/t9-;/m1./s1. The van der Waals surface area contributed by atoms with Crippen LogP contribution in [0.4, 0.5) is 0 Å². The van der Waals surface area contributed by atoms with Crippen LogP contribution in [0.2, 0.25) is 0 Å². The Balaban J connectivity index is 0.00000324. The number of amides is 1. The second-order valence-electron chi connectivity index (χ2n) is 3.70. The number of benzene rings is 1. The van der Waals surface area contributed by atoms with Gasteiger partial charge in [-0.25, -0.2) is 13.6 Å². The van der Waals surface area contributed by atoms with Crippen LogP contribution in [0.15, 0.2) is 29.2 Å². The lowest BCUT2D eigenvalue weighted by molar-refractivity contribution is -0.123. The van der Waals surface area contributed by atoms with E-state index in [4.69, 9.17) is 16.0 Å². The molecule has 1 aromatic rings. The van der Waals surface area contributed by atoms with Crippen molar-refractivity contribution in [2.45, 2.75) is 17.5 Å². The fraction of sp³-hybridized carbons (Fsp3) is 0.300. The van der Waals surface area contributed by atoms with Gasteiger partial charge in [0.05, 0.1) is 11.5 Å². The Morgan fingerprint density at radius 2 is 1.84 bits per heavy atom. The monoisotopic (exact) mass is 309 g/mol. The number of carbonyl (C=O) groups is 1. The van der Waals surface area contributed by atoms with Gasteiger partial charge < -0.3 is 16.2 Å². The van der Waals surface area contributed by atoms with Gasteiger partial charge in [-0.05, 0) is 17.7 Å². The lowest BCUT2D eigenvalue weighted by Crippen LogP contribution is -2.42. The zero-order valence-corrected chi connectivity index (χ0v) is 11.6. The van der Waals surface area contributed by atoms with Gasteiger partial charge in [-0.3, -0.25) is 4.79 Å². The first kappa shape index (κ1) is 17.8. The second-order valence-corrected chi connectivity index (χ2v) is 5.26. The highest BCUT2D eigenvalue weighted by Gasteiger charge is 2.11. The summed E-state index contributed by atoms with van der Waals surface area (Å²) in [7, 11) is -3.71. The molecule has 1 rings (SSSR count). The number of nitrogens with one attached hydrogen (secondary N) is 1. The minimum Gasteiger partial charge on any atom is -0.394 e. The topological polar surface area (TPSA) is 136 Å². The summed E-state index contributed by atoms with van der Waals surface area (Å²) in [5, 5.41) is 16.1. The molecule has 1 atom stereocenters. The third kappa shape index (κ3) is 5.53. The van der Waals surface area contributed by atoms with E-state index in [0.29, 0.717) is 5.56 Å². The maximum atomic E-state index is 11.3. The van der Waals surface area contributed by atoms with E-state index in [9.17, 15) is 13.2 Å². The summed E-state index contributed by atoms with van der Waals surface area (Å²) in [4.78, 5) is 11.3. The molecule has 1 amide bonds. The largest absolute Gasteiger partial charge is 0.394 e. The van der Waals surface area contributed by atoms with Crippen molar-refractivity contribution in [3.63, 3.8) is 0 Å². The second kappa shape index (κ2) is 7.41. The molecule has 0 heterocycles. The number of hydrogen-bond donors (Lipinski definition) is 4. The third-order valence-corrected chi connectivity index (χ3v) is 3.18. The lowest BCUT2D eigenvalue weighted by atomic mass is 10.2. The zero-order chi connectivity index (χ0) is 13.8. The number of carbonyl (C=O) groups excluding carboxylic acids is 1. The molecule has 0 bridgehead atoms. The van der Waals surface area contributed by atoms with E-state index >= 15 is 0 Å². The molecule has 0 fully saturated rings. The first-order chi connectivity index (χ1) is 8.34. The number of aliphatic hydroxyl groups is 1. The Morgan fingerprint density at radius 3 is 2.26 bits per heavy atom. The average molecular weight is 310 g/mol. The van der Waals surface area contributed by atoms with Gasteiger partial charge in [0.15, 0.2) is 0 Å². The Kier molecular flexibility index (Phi) is 6.95. The summed E-state index contributed by atoms with van der Waals surface area (Å²) < 4.78 is 22.0. The van der Waals surface area contributed by atoms with Crippen molar-refractivity contribution >= 4 is 28.3 Å². The minimum atomic E-state index is -3.71. The van der Waals surface area contributed by atoms with Crippen molar-refractivity contribution in [2.24, 2.45) is 10.9 Å². The Morgan fingerprint density at radius 1 is 1.32 bits per heavy atom. The Hall–Kier alpha value is -1.19.